The highest BCUT2D eigenvalue weighted by molar-refractivity contribution is 9.10. The standard InChI is InChI=1S/C15H19BrN2O/c1-2-19-11-3-4-13-12(9-11)14(16)15(18-13)10-5-7-17-8-6-10/h3-4,9-10,17-18H,2,5-8H2,1H3. The van der Waals surface area contributed by atoms with E-state index in [1.165, 1.54) is 33.9 Å². The second kappa shape index (κ2) is 5.55. The van der Waals surface area contributed by atoms with E-state index >= 15 is 0 Å². The maximum Gasteiger partial charge on any atom is 0.120 e. The van der Waals surface area contributed by atoms with Gasteiger partial charge in [-0.1, -0.05) is 0 Å². The molecule has 0 saturated carbocycles. The molecule has 1 aliphatic heterocycles. The van der Waals surface area contributed by atoms with Gasteiger partial charge in [0.05, 0.1) is 6.61 Å². The molecule has 2 aromatic rings. The summed E-state index contributed by atoms with van der Waals surface area (Å²) >= 11 is 3.77. The van der Waals surface area contributed by atoms with Crippen molar-refractivity contribution in [3.05, 3.63) is 28.4 Å². The lowest BCUT2D eigenvalue weighted by Crippen LogP contribution is -2.26. The predicted molar refractivity (Wildman–Crippen MR) is 82.0 cm³/mol. The molecular formula is C15H19BrN2O. The monoisotopic (exact) mass is 322 g/mol. The van der Waals surface area contributed by atoms with Crippen LogP contribution in [0.1, 0.15) is 31.4 Å². The van der Waals surface area contributed by atoms with Crippen molar-refractivity contribution in [1.29, 1.82) is 0 Å². The molecule has 1 saturated heterocycles. The summed E-state index contributed by atoms with van der Waals surface area (Å²) in [5.41, 5.74) is 2.52. The Morgan fingerprint density at radius 2 is 2.11 bits per heavy atom. The van der Waals surface area contributed by atoms with Crippen LogP contribution >= 0.6 is 15.9 Å². The van der Waals surface area contributed by atoms with Crippen molar-refractivity contribution < 1.29 is 4.74 Å². The third kappa shape index (κ3) is 2.51. The van der Waals surface area contributed by atoms with Crippen molar-refractivity contribution in [3.8, 4) is 5.75 Å². The Bertz CT molecular complexity index is 573. The fourth-order valence-corrected chi connectivity index (χ4v) is 3.56. The summed E-state index contributed by atoms with van der Waals surface area (Å²) in [5, 5.41) is 4.64. The summed E-state index contributed by atoms with van der Waals surface area (Å²) < 4.78 is 6.78. The van der Waals surface area contributed by atoms with E-state index in [-0.39, 0.29) is 0 Å². The van der Waals surface area contributed by atoms with E-state index in [0.717, 1.165) is 18.8 Å². The average molecular weight is 323 g/mol. The van der Waals surface area contributed by atoms with Crippen LogP contribution in [-0.4, -0.2) is 24.7 Å². The van der Waals surface area contributed by atoms with Gasteiger partial charge in [0.1, 0.15) is 5.75 Å². The molecule has 0 aliphatic carbocycles. The van der Waals surface area contributed by atoms with Crippen LogP contribution in [-0.2, 0) is 0 Å². The van der Waals surface area contributed by atoms with Gasteiger partial charge in [-0.3, -0.25) is 0 Å². The molecular weight excluding hydrogens is 304 g/mol. The zero-order valence-electron chi connectivity index (χ0n) is 11.1. The number of piperidine rings is 1. The zero-order chi connectivity index (χ0) is 13.2. The molecule has 0 radical (unpaired) electrons. The van der Waals surface area contributed by atoms with Crippen LogP contribution in [0, 0.1) is 0 Å². The molecule has 2 heterocycles. The number of aromatic amines is 1. The quantitative estimate of drug-likeness (QED) is 0.901. The molecule has 0 unspecified atom stereocenters. The Morgan fingerprint density at radius 1 is 1.32 bits per heavy atom. The molecule has 0 amide bonds. The van der Waals surface area contributed by atoms with Gasteiger partial charge in [0.25, 0.3) is 0 Å². The first-order chi connectivity index (χ1) is 9.29. The van der Waals surface area contributed by atoms with Gasteiger partial charge in [0, 0.05) is 27.0 Å². The first-order valence-electron chi connectivity index (χ1n) is 6.94. The molecule has 4 heteroatoms. The molecule has 3 nitrogen and oxygen atoms in total. The number of aromatic nitrogens is 1. The molecule has 1 aromatic carbocycles. The molecule has 0 bridgehead atoms. The van der Waals surface area contributed by atoms with E-state index in [2.05, 4.69) is 38.4 Å². The second-order valence-corrected chi connectivity index (χ2v) is 5.81. The number of H-pyrrole nitrogens is 1. The molecule has 2 N–H and O–H groups in total. The van der Waals surface area contributed by atoms with Gasteiger partial charge in [-0.25, -0.2) is 0 Å². The highest BCUT2D eigenvalue weighted by Crippen LogP contribution is 2.37. The highest BCUT2D eigenvalue weighted by Gasteiger charge is 2.21. The molecule has 1 fully saturated rings. The van der Waals surface area contributed by atoms with Crippen LogP contribution in [0.25, 0.3) is 10.9 Å². The van der Waals surface area contributed by atoms with Gasteiger partial charge in [0.15, 0.2) is 0 Å². The van der Waals surface area contributed by atoms with Crippen molar-refractivity contribution in [2.75, 3.05) is 19.7 Å². The van der Waals surface area contributed by atoms with Crippen LogP contribution in [0.4, 0.5) is 0 Å². The number of fused-ring (bicyclic) bond motifs is 1. The van der Waals surface area contributed by atoms with Gasteiger partial charge in [-0.05, 0) is 67.0 Å². The van der Waals surface area contributed by atoms with E-state index < -0.39 is 0 Å². The average Bonchev–Trinajstić information content (AvgIpc) is 2.78. The van der Waals surface area contributed by atoms with Crippen molar-refractivity contribution in [2.45, 2.75) is 25.7 Å². The largest absolute Gasteiger partial charge is 0.494 e. The lowest BCUT2D eigenvalue weighted by atomic mass is 9.95. The fraction of sp³-hybridized carbons (Fsp3) is 0.467. The van der Waals surface area contributed by atoms with Crippen LogP contribution < -0.4 is 10.1 Å². The Kier molecular flexibility index (Phi) is 3.80. The number of nitrogens with one attached hydrogen (secondary N) is 2. The van der Waals surface area contributed by atoms with Gasteiger partial charge >= 0.3 is 0 Å². The maximum atomic E-state index is 5.58. The van der Waals surface area contributed by atoms with Crippen LogP contribution in [0.5, 0.6) is 5.75 Å². The number of halogens is 1. The van der Waals surface area contributed by atoms with Crippen molar-refractivity contribution in [2.24, 2.45) is 0 Å². The van der Waals surface area contributed by atoms with E-state index in [1.807, 2.05) is 13.0 Å². The van der Waals surface area contributed by atoms with E-state index in [4.69, 9.17) is 4.74 Å². The predicted octanol–water partition coefficient (Wildman–Crippen LogP) is 3.80. The minimum Gasteiger partial charge on any atom is -0.494 e. The van der Waals surface area contributed by atoms with Crippen molar-refractivity contribution in [1.82, 2.24) is 10.3 Å². The zero-order valence-corrected chi connectivity index (χ0v) is 12.7. The van der Waals surface area contributed by atoms with Gasteiger partial charge in [-0.15, -0.1) is 0 Å². The van der Waals surface area contributed by atoms with Crippen LogP contribution in [0.15, 0.2) is 22.7 Å². The number of hydrogen-bond donors (Lipinski definition) is 2. The van der Waals surface area contributed by atoms with Gasteiger partial charge in [-0.2, -0.15) is 0 Å². The third-order valence-electron chi connectivity index (χ3n) is 3.79. The maximum absolute atomic E-state index is 5.58. The summed E-state index contributed by atoms with van der Waals surface area (Å²) in [5.74, 6) is 1.56. The minimum atomic E-state index is 0.624. The highest BCUT2D eigenvalue weighted by atomic mass is 79.9. The third-order valence-corrected chi connectivity index (χ3v) is 4.65. The Balaban J connectivity index is 1.99. The minimum absolute atomic E-state index is 0.624. The molecule has 0 atom stereocenters. The Hall–Kier alpha value is -1.00. The fourth-order valence-electron chi connectivity index (χ4n) is 2.81. The van der Waals surface area contributed by atoms with Crippen LogP contribution in [0.2, 0.25) is 0 Å². The lowest BCUT2D eigenvalue weighted by molar-refractivity contribution is 0.340. The number of rotatable bonds is 3. The summed E-state index contributed by atoms with van der Waals surface area (Å²) in [7, 11) is 0. The molecule has 3 rings (SSSR count). The number of benzene rings is 1. The Labute approximate surface area is 121 Å². The van der Waals surface area contributed by atoms with Gasteiger partial charge in [0.2, 0.25) is 0 Å². The van der Waals surface area contributed by atoms with Crippen molar-refractivity contribution >= 4 is 26.8 Å². The summed E-state index contributed by atoms with van der Waals surface area (Å²) in [6, 6.07) is 6.25. The first kappa shape index (κ1) is 13.0. The molecule has 0 spiro atoms. The molecule has 1 aromatic heterocycles. The van der Waals surface area contributed by atoms with E-state index in [0.29, 0.717) is 12.5 Å². The summed E-state index contributed by atoms with van der Waals surface area (Å²) in [6.07, 6.45) is 2.40. The van der Waals surface area contributed by atoms with Crippen LogP contribution in [0.3, 0.4) is 0 Å². The smallest absolute Gasteiger partial charge is 0.120 e. The molecule has 102 valence electrons. The topological polar surface area (TPSA) is 37.0 Å². The lowest BCUT2D eigenvalue weighted by Gasteiger charge is -2.22. The summed E-state index contributed by atoms with van der Waals surface area (Å²) in [4.78, 5) is 3.57. The SMILES string of the molecule is CCOc1ccc2[nH]c(C3CCNCC3)c(Br)c2c1. The van der Waals surface area contributed by atoms with Crippen molar-refractivity contribution in [3.63, 3.8) is 0 Å². The van der Waals surface area contributed by atoms with Gasteiger partial charge < -0.3 is 15.0 Å². The molecule has 1 aliphatic rings. The van der Waals surface area contributed by atoms with E-state index in [9.17, 15) is 0 Å². The first-order valence-corrected chi connectivity index (χ1v) is 7.73. The number of hydrogen-bond acceptors (Lipinski definition) is 2. The number of ether oxygens (including phenoxy) is 1. The molecule has 19 heavy (non-hydrogen) atoms. The van der Waals surface area contributed by atoms with E-state index in [1.54, 1.807) is 0 Å². The normalized spacial score (nSPS) is 16.9. The Morgan fingerprint density at radius 3 is 2.84 bits per heavy atom. The second-order valence-electron chi connectivity index (χ2n) is 5.02. The summed E-state index contributed by atoms with van der Waals surface area (Å²) in [6.45, 7) is 4.93.